The molecule has 0 saturated heterocycles. The fraction of sp³-hybridized carbons (Fsp3) is 0.154. The highest BCUT2D eigenvalue weighted by Crippen LogP contribution is 2.42. The van der Waals surface area contributed by atoms with E-state index in [1.165, 1.54) is 11.8 Å². The van der Waals surface area contributed by atoms with Crippen LogP contribution >= 0.6 is 23.4 Å². The van der Waals surface area contributed by atoms with Crippen LogP contribution in [0.1, 0.15) is 21.5 Å². The zero-order valence-electron chi connectivity index (χ0n) is 18.9. The van der Waals surface area contributed by atoms with Gasteiger partial charge in [0.15, 0.2) is 11.5 Å². The van der Waals surface area contributed by atoms with Crippen molar-refractivity contribution in [2.75, 3.05) is 26.2 Å². The molecule has 0 unspecified atom stereocenters. The van der Waals surface area contributed by atoms with E-state index < -0.39 is 0 Å². The van der Waals surface area contributed by atoms with E-state index in [-0.39, 0.29) is 11.8 Å². The van der Waals surface area contributed by atoms with Crippen molar-refractivity contribution in [3.05, 3.63) is 87.3 Å². The predicted octanol–water partition coefficient (Wildman–Crippen LogP) is 5.40. The van der Waals surface area contributed by atoms with Crippen LogP contribution in [0.5, 0.6) is 11.5 Å². The molecule has 4 rings (SSSR count). The Morgan fingerprint density at radius 3 is 2.56 bits per heavy atom. The number of hydrogen-bond acceptors (Lipinski definition) is 5. The number of nitrogens with zero attached hydrogens (tertiary/aromatic N) is 1. The van der Waals surface area contributed by atoms with Gasteiger partial charge in [-0.05, 0) is 53.6 Å². The number of ether oxygens (including phenoxy) is 2. The number of carbonyl (C=O) groups excluding carboxylic acids is 2. The molecule has 0 spiro atoms. The van der Waals surface area contributed by atoms with Crippen LogP contribution in [0.3, 0.4) is 0 Å². The van der Waals surface area contributed by atoms with E-state index in [1.807, 2.05) is 42.5 Å². The van der Waals surface area contributed by atoms with Gasteiger partial charge in [0.25, 0.3) is 11.8 Å². The lowest BCUT2D eigenvalue weighted by Gasteiger charge is -2.27. The number of anilines is 1. The minimum absolute atomic E-state index is 0.152. The lowest BCUT2D eigenvalue weighted by molar-refractivity contribution is -0.114. The molecule has 0 atom stereocenters. The van der Waals surface area contributed by atoms with Crippen molar-refractivity contribution in [3.63, 3.8) is 0 Å². The number of likely N-dealkylation sites (N-methyl/N-ethyl adjacent to an activating group) is 1. The van der Waals surface area contributed by atoms with Gasteiger partial charge in [-0.3, -0.25) is 9.59 Å². The summed E-state index contributed by atoms with van der Waals surface area (Å²) in [5.41, 5.74) is 2.81. The van der Waals surface area contributed by atoms with Crippen LogP contribution in [-0.4, -0.2) is 33.1 Å². The SMILES string of the molecule is COc1ccc(C=C2Sc3ccc(C(=O)NCc4ccccc4Cl)cc3N(C)C2=O)cc1OC. The number of hydrogen-bond donors (Lipinski definition) is 1. The first-order valence-corrected chi connectivity index (χ1v) is 11.7. The summed E-state index contributed by atoms with van der Waals surface area (Å²) in [6, 6.07) is 18.2. The Labute approximate surface area is 207 Å². The molecule has 0 aromatic heterocycles. The van der Waals surface area contributed by atoms with E-state index in [4.69, 9.17) is 21.1 Å². The topological polar surface area (TPSA) is 67.9 Å². The number of rotatable bonds is 6. The maximum absolute atomic E-state index is 13.1. The second kappa shape index (κ2) is 10.2. The largest absolute Gasteiger partial charge is 0.493 e. The summed E-state index contributed by atoms with van der Waals surface area (Å²) < 4.78 is 10.6. The molecule has 0 fully saturated rings. The van der Waals surface area contributed by atoms with Crippen molar-refractivity contribution in [3.8, 4) is 11.5 Å². The van der Waals surface area contributed by atoms with Gasteiger partial charge in [0.2, 0.25) is 0 Å². The molecule has 8 heteroatoms. The Hall–Kier alpha value is -3.42. The van der Waals surface area contributed by atoms with Crippen LogP contribution in [0.15, 0.2) is 70.5 Å². The first-order chi connectivity index (χ1) is 16.4. The van der Waals surface area contributed by atoms with Crippen molar-refractivity contribution >= 4 is 46.9 Å². The van der Waals surface area contributed by atoms with Crippen molar-refractivity contribution in [1.29, 1.82) is 0 Å². The number of nitrogens with one attached hydrogen (secondary N) is 1. The fourth-order valence-corrected chi connectivity index (χ4v) is 4.84. The second-order valence-electron chi connectivity index (χ2n) is 7.55. The molecule has 0 radical (unpaired) electrons. The van der Waals surface area contributed by atoms with Crippen LogP contribution in [0.25, 0.3) is 6.08 Å². The van der Waals surface area contributed by atoms with Gasteiger partial charge in [0.1, 0.15) is 0 Å². The third-order valence-corrected chi connectivity index (χ3v) is 6.87. The third-order valence-electron chi connectivity index (χ3n) is 5.42. The highest BCUT2D eigenvalue weighted by Gasteiger charge is 2.27. The number of amides is 2. The van der Waals surface area contributed by atoms with Crippen molar-refractivity contribution in [2.24, 2.45) is 0 Å². The Morgan fingerprint density at radius 1 is 1.06 bits per heavy atom. The van der Waals surface area contributed by atoms with Crippen molar-refractivity contribution < 1.29 is 19.1 Å². The van der Waals surface area contributed by atoms with Crippen LogP contribution in [0.4, 0.5) is 5.69 Å². The smallest absolute Gasteiger partial charge is 0.264 e. The van der Waals surface area contributed by atoms with Crippen molar-refractivity contribution in [1.82, 2.24) is 5.32 Å². The second-order valence-corrected chi connectivity index (χ2v) is 9.04. The van der Waals surface area contributed by atoms with E-state index in [9.17, 15) is 9.59 Å². The number of halogens is 1. The summed E-state index contributed by atoms with van der Waals surface area (Å²) >= 11 is 7.54. The number of methoxy groups -OCH3 is 2. The van der Waals surface area contributed by atoms with E-state index in [1.54, 1.807) is 50.4 Å². The molecule has 34 heavy (non-hydrogen) atoms. The van der Waals surface area contributed by atoms with Crippen LogP contribution < -0.4 is 19.7 Å². The van der Waals surface area contributed by atoms with Gasteiger partial charge >= 0.3 is 0 Å². The van der Waals surface area contributed by atoms with Crippen LogP contribution in [0.2, 0.25) is 5.02 Å². The standard InChI is InChI=1S/C26H23ClN2O4S/c1-29-20-14-17(25(30)28-15-18-6-4-5-7-19(18)27)9-11-23(20)34-24(26(29)31)13-16-8-10-21(32-2)22(12-16)33-3/h4-14H,15H2,1-3H3,(H,28,30). The maximum atomic E-state index is 13.1. The summed E-state index contributed by atoms with van der Waals surface area (Å²) in [6.07, 6.45) is 1.82. The Kier molecular flexibility index (Phi) is 7.14. The highest BCUT2D eigenvalue weighted by molar-refractivity contribution is 8.04. The lowest BCUT2D eigenvalue weighted by Crippen LogP contribution is -2.31. The Morgan fingerprint density at radius 2 is 1.82 bits per heavy atom. The molecule has 3 aromatic carbocycles. The summed E-state index contributed by atoms with van der Waals surface area (Å²) in [6.45, 7) is 0.317. The average Bonchev–Trinajstić information content (AvgIpc) is 2.86. The quantitative estimate of drug-likeness (QED) is 0.465. The van der Waals surface area contributed by atoms with E-state index in [0.29, 0.717) is 39.2 Å². The summed E-state index contributed by atoms with van der Waals surface area (Å²) in [4.78, 5) is 28.8. The molecule has 1 aliphatic heterocycles. The number of carbonyl (C=O) groups is 2. The lowest BCUT2D eigenvalue weighted by atomic mass is 10.1. The molecule has 3 aromatic rings. The molecule has 6 nitrogen and oxygen atoms in total. The third kappa shape index (κ3) is 4.90. The zero-order valence-corrected chi connectivity index (χ0v) is 20.5. The molecule has 1 aliphatic rings. The van der Waals surface area contributed by atoms with Crippen molar-refractivity contribution in [2.45, 2.75) is 11.4 Å². The van der Waals surface area contributed by atoms with E-state index >= 15 is 0 Å². The molecule has 0 saturated carbocycles. The molecule has 0 bridgehead atoms. The monoisotopic (exact) mass is 494 g/mol. The van der Waals surface area contributed by atoms with Gasteiger partial charge in [0.05, 0.1) is 24.8 Å². The van der Waals surface area contributed by atoms with Gasteiger partial charge in [-0.15, -0.1) is 0 Å². The minimum Gasteiger partial charge on any atom is -0.493 e. The molecule has 1 heterocycles. The molecule has 0 aliphatic carbocycles. The number of benzene rings is 3. The molecular formula is C26H23ClN2O4S. The normalized spacial score (nSPS) is 14.1. The fourth-order valence-electron chi connectivity index (χ4n) is 3.55. The number of thioether (sulfide) groups is 1. The van der Waals surface area contributed by atoms with E-state index in [0.717, 1.165) is 16.0 Å². The summed E-state index contributed by atoms with van der Waals surface area (Å²) in [7, 11) is 4.85. The molecule has 174 valence electrons. The van der Waals surface area contributed by atoms with Gasteiger partial charge < -0.3 is 19.7 Å². The minimum atomic E-state index is -0.236. The Balaban J connectivity index is 1.54. The van der Waals surface area contributed by atoms with Gasteiger partial charge in [0, 0.05) is 29.1 Å². The molecular weight excluding hydrogens is 472 g/mol. The molecule has 1 N–H and O–H groups in total. The predicted molar refractivity (Wildman–Crippen MR) is 136 cm³/mol. The van der Waals surface area contributed by atoms with Gasteiger partial charge in [-0.1, -0.05) is 47.6 Å². The zero-order chi connectivity index (χ0) is 24.2. The highest BCUT2D eigenvalue weighted by atomic mass is 35.5. The summed E-state index contributed by atoms with van der Waals surface area (Å²) in [5.74, 6) is 0.822. The first kappa shape index (κ1) is 23.7. The maximum Gasteiger partial charge on any atom is 0.264 e. The number of fused-ring (bicyclic) bond motifs is 1. The first-order valence-electron chi connectivity index (χ1n) is 10.5. The van der Waals surface area contributed by atoms with Gasteiger partial charge in [-0.2, -0.15) is 0 Å². The molecule has 2 amide bonds. The van der Waals surface area contributed by atoms with Crippen LogP contribution in [-0.2, 0) is 11.3 Å². The van der Waals surface area contributed by atoms with Crippen LogP contribution in [0, 0.1) is 0 Å². The Bertz CT molecular complexity index is 1290. The summed E-state index contributed by atoms with van der Waals surface area (Å²) in [5, 5.41) is 3.48. The van der Waals surface area contributed by atoms with Gasteiger partial charge in [-0.25, -0.2) is 0 Å². The van der Waals surface area contributed by atoms with E-state index in [2.05, 4.69) is 5.32 Å². The average molecular weight is 495 g/mol.